The highest BCUT2D eigenvalue weighted by Crippen LogP contribution is 2.50. The minimum Gasteiger partial charge on any atom is -0.468 e. The quantitative estimate of drug-likeness (QED) is 0.714. The normalized spacial score (nSPS) is 25.7. The maximum atomic E-state index is 12.3. The van der Waals surface area contributed by atoms with Gasteiger partial charge in [0.15, 0.2) is 0 Å². The Morgan fingerprint density at radius 2 is 2.23 bits per heavy atom. The lowest BCUT2D eigenvalue weighted by Gasteiger charge is -2.07. The molecular weight excluding hydrogens is 204 g/mol. The van der Waals surface area contributed by atoms with Crippen LogP contribution in [-0.4, -0.2) is 25.0 Å². The van der Waals surface area contributed by atoms with Crippen molar-refractivity contribution in [2.75, 3.05) is 7.11 Å². The molecule has 0 aromatic carbocycles. The van der Waals surface area contributed by atoms with Crippen LogP contribution < -0.4 is 5.73 Å². The Bertz CT molecular complexity index is 201. The second kappa shape index (κ2) is 4.19. The van der Waals surface area contributed by atoms with E-state index in [4.69, 9.17) is 5.73 Å². The minimum absolute atomic E-state index is 0. The fraction of sp³-hybridized carbons (Fsp3) is 0.857. The van der Waals surface area contributed by atoms with Crippen molar-refractivity contribution in [3.63, 3.8) is 0 Å². The van der Waals surface area contributed by atoms with Gasteiger partial charge in [-0.05, 0) is 6.42 Å². The summed E-state index contributed by atoms with van der Waals surface area (Å²) in [6.07, 6.45) is -0.142. The number of esters is 1. The van der Waals surface area contributed by atoms with E-state index in [1.165, 1.54) is 7.11 Å². The zero-order valence-corrected chi connectivity index (χ0v) is 7.94. The summed E-state index contributed by atoms with van der Waals surface area (Å²) in [5, 5.41) is 0. The van der Waals surface area contributed by atoms with Crippen LogP contribution in [0.4, 0.5) is 8.78 Å². The molecule has 6 heteroatoms. The molecule has 1 rings (SSSR count). The highest BCUT2D eigenvalue weighted by atomic mass is 35.5. The molecule has 0 saturated heterocycles. The molecule has 13 heavy (non-hydrogen) atoms. The first-order valence-corrected chi connectivity index (χ1v) is 3.68. The van der Waals surface area contributed by atoms with Gasteiger partial charge < -0.3 is 10.5 Å². The molecule has 0 aromatic heterocycles. The summed E-state index contributed by atoms with van der Waals surface area (Å²) in [5.41, 5.74) is 5.28. The molecule has 0 aliphatic heterocycles. The van der Waals surface area contributed by atoms with Crippen LogP contribution in [0.2, 0.25) is 0 Å². The molecule has 1 saturated carbocycles. The van der Waals surface area contributed by atoms with Crippen LogP contribution in [0.1, 0.15) is 12.8 Å². The van der Waals surface area contributed by atoms with E-state index in [0.717, 1.165) is 0 Å². The lowest BCUT2D eigenvalue weighted by Crippen LogP contribution is -2.32. The van der Waals surface area contributed by atoms with Crippen LogP contribution in [0.25, 0.3) is 0 Å². The fourth-order valence-electron chi connectivity index (χ4n) is 1.08. The molecule has 0 amide bonds. The average Bonchev–Trinajstić information content (AvgIpc) is 2.57. The second-order valence-corrected chi connectivity index (χ2v) is 3.03. The number of halogens is 3. The van der Waals surface area contributed by atoms with Gasteiger partial charge in [0.2, 0.25) is 0 Å². The molecule has 2 atom stereocenters. The van der Waals surface area contributed by atoms with Crippen molar-refractivity contribution in [1.29, 1.82) is 0 Å². The molecule has 2 N–H and O–H groups in total. The number of methoxy groups -OCH3 is 1. The smallest absolute Gasteiger partial charge is 0.322 e. The summed E-state index contributed by atoms with van der Waals surface area (Å²) in [5.74, 6) is -3.96. The first kappa shape index (κ1) is 12.6. The molecule has 3 nitrogen and oxygen atoms in total. The molecule has 1 unspecified atom stereocenters. The van der Waals surface area contributed by atoms with Crippen LogP contribution in [0.5, 0.6) is 0 Å². The Hall–Kier alpha value is -0.420. The number of alkyl halides is 2. The van der Waals surface area contributed by atoms with Gasteiger partial charge in [0.05, 0.1) is 7.11 Å². The fourth-order valence-corrected chi connectivity index (χ4v) is 1.08. The Kier molecular flexibility index (Phi) is 4.06. The van der Waals surface area contributed by atoms with Gasteiger partial charge in [0.25, 0.3) is 5.92 Å². The summed E-state index contributed by atoms with van der Waals surface area (Å²) in [6, 6.07) is -0.909. The molecule has 1 fully saturated rings. The first-order chi connectivity index (χ1) is 5.47. The number of hydrogen-bond donors (Lipinski definition) is 1. The molecule has 0 heterocycles. The third-order valence-corrected chi connectivity index (χ3v) is 2.00. The Morgan fingerprint density at radius 3 is 2.54 bits per heavy atom. The van der Waals surface area contributed by atoms with Crippen LogP contribution in [0.3, 0.4) is 0 Å². The zero-order valence-electron chi connectivity index (χ0n) is 7.13. The topological polar surface area (TPSA) is 52.3 Å². The summed E-state index contributed by atoms with van der Waals surface area (Å²) in [7, 11) is 1.19. The maximum absolute atomic E-state index is 12.3. The number of rotatable bonds is 3. The minimum atomic E-state index is -2.61. The number of nitrogens with two attached hydrogens (primary N) is 1. The van der Waals surface area contributed by atoms with Gasteiger partial charge in [0.1, 0.15) is 6.04 Å². The number of carbonyl (C=O) groups excluding carboxylic acids is 1. The Balaban J connectivity index is 0.00000144. The molecule has 0 spiro atoms. The van der Waals surface area contributed by atoms with Crippen LogP contribution in [-0.2, 0) is 9.53 Å². The third-order valence-electron chi connectivity index (χ3n) is 2.00. The molecule has 1 aliphatic carbocycles. The van der Waals surface area contributed by atoms with Crippen molar-refractivity contribution in [1.82, 2.24) is 0 Å². The Morgan fingerprint density at radius 1 is 1.77 bits per heavy atom. The standard InChI is InChI=1S/C7H11F2NO2.ClH/c1-12-6(11)5(10)2-4-3-7(4,8)9;/h4-5H,2-3,10H2,1H3;1H/t4?,5-;/m0./s1. The largest absolute Gasteiger partial charge is 0.468 e. The molecule has 78 valence electrons. The van der Waals surface area contributed by atoms with Crippen molar-refractivity contribution in [2.45, 2.75) is 24.8 Å². The highest BCUT2D eigenvalue weighted by Gasteiger charge is 2.57. The molecule has 0 radical (unpaired) electrons. The monoisotopic (exact) mass is 215 g/mol. The summed E-state index contributed by atoms with van der Waals surface area (Å²) in [4.78, 5) is 10.7. The second-order valence-electron chi connectivity index (χ2n) is 3.03. The predicted molar refractivity (Wildman–Crippen MR) is 44.9 cm³/mol. The first-order valence-electron chi connectivity index (χ1n) is 3.68. The predicted octanol–water partition coefficient (Wildman–Crippen LogP) is 0.954. The van der Waals surface area contributed by atoms with Gasteiger partial charge in [-0.15, -0.1) is 12.4 Å². The lowest BCUT2D eigenvalue weighted by molar-refractivity contribution is -0.142. The van der Waals surface area contributed by atoms with Crippen molar-refractivity contribution in [3.8, 4) is 0 Å². The number of hydrogen-bond acceptors (Lipinski definition) is 3. The van der Waals surface area contributed by atoms with Gasteiger partial charge in [0, 0.05) is 12.3 Å². The van der Waals surface area contributed by atoms with E-state index in [0.29, 0.717) is 0 Å². The molecular formula is C7H12ClF2NO2. The van der Waals surface area contributed by atoms with E-state index in [1.54, 1.807) is 0 Å². The van der Waals surface area contributed by atoms with E-state index < -0.39 is 23.9 Å². The lowest BCUT2D eigenvalue weighted by atomic mass is 10.1. The summed E-state index contributed by atoms with van der Waals surface area (Å²) < 4.78 is 28.9. The van der Waals surface area contributed by atoms with Gasteiger partial charge in [-0.3, -0.25) is 4.79 Å². The van der Waals surface area contributed by atoms with Gasteiger partial charge in [-0.1, -0.05) is 0 Å². The SMILES string of the molecule is COC(=O)[C@@H](N)CC1CC1(F)F.Cl. The van der Waals surface area contributed by atoms with Crippen molar-refractivity contribution in [3.05, 3.63) is 0 Å². The van der Waals surface area contributed by atoms with Crippen molar-refractivity contribution >= 4 is 18.4 Å². The van der Waals surface area contributed by atoms with Gasteiger partial charge in [-0.25, -0.2) is 8.78 Å². The number of ether oxygens (including phenoxy) is 1. The highest BCUT2D eigenvalue weighted by molar-refractivity contribution is 5.85. The van der Waals surface area contributed by atoms with Crippen molar-refractivity contribution in [2.24, 2.45) is 11.7 Å². The zero-order chi connectivity index (χ0) is 9.35. The van der Waals surface area contributed by atoms with E-state index in [-0.39, 0.29) is 25.2 Å². The molecule has 1 aliphatic rings. The van der Waals surface area contributed by atoms with Crippen LogP contribution >= 0.6 is 12.4 Å². The van der Waals surface area contributed by atoms with Crippen LogP contribution in [0.15, 0.2) is 0 Å². The summed E-state index contributed by atoms with van der Waals surface area (Å²) in [6.45, 7) is 0. The van der Waals surface area contributed by atoms with E-state index in [1.807, 2.05) is 0 Å². The van der Waals surface area contributed by atoms with E-state index in [2.05, 4.69) is 4.74 Å². The van der Waals surface area contributed by atoms with Crippen molar-refractivity contribution < 1.29 is 18.3 Å². The van der Waals surface area contributed by atoms with E-state index >= 15 is 0 Å². The van der Waals surface area contributed by atoms with Gasteiger partial charge in [-0.2, -0.15) is 0 Å². The van der Waals surface area contributed by atoms with Crippen LogP contribution in [0, 0.1) is 5.92 Å². The third kappa shape index (κ3) is 3.08. The summed E-state index contributed by atoms with van der Waals surface area (Å²) >= 11 is 0. The van der Waals surface area contributed by atoms with E-state index in [9.17, 15) is 13.6 Å². The molecule has 0 bridgehead atoms. The average molecular weight is 216 g/mol. The van der Waals surface area contributed by atoms with Gasteiger partial charge >= 0.3 is 5.97 Å². The molecule has 0 aromatic rings. The maximum Gasteiger partial charge on any atom is 0.322 e. The number of carbonyl (C=O) groups is 1. The Labute approximate surface area is 81.0 Å².